The van der Waals surface area contributed by atoms with E-state index in [0.717, 1.165) is 5.69 Å². The Morgan fingerprint density at radius 3 is 2.03 bits per heavy atom. The normalized spacial score (nSPS) is 10.5. The van der Waals surface area contributed by atoms with E-state index in [1.165, 1.54) is 12.4 Å². The molecule has 0 atom stereocenters. The maximum absolute atomic E-state index is 13.3. The molecule has 4 aromatic rings. The van der Waals surface area contributed by atoms with Crippen LogP contribution >= 0.6 is 23.2 Å². The lowest BCUT2D eigenvalue weighted by Crippen LogP contribution is -2.30. The van der Waals surface area contributed by atoms with Crippen LogP contribution in [0.3, 0.4) is 0 Å². The third kappa shape index (κ3) is 5.71. The highest BCUT2D eigenvalue weighted by molar-refractivity contribution is 6.29. The predicted octanol–water partition coefficient (Wildman–Crippen LogP) is 5.28. The molecular formula is C24H17Cl2N5O2. The Bertz CT molecular complexity index is 1250. The Morgan fingerprint density at radius 2 is 1.45 bits per heavy atom. The van der Waals surface area contributed by atoms with Gasteiger partial charge in [-0.3, -0.25) is 14.6 Å². The highest BCUT2D eigenvalue weighted by Crippen LogP contribution is 2.23. The molecule has 3 aromatic heterocycles. The Morgan fingerprint density at radius 1 is 0.788 bits per heavy atom. The van der Waals surface area contributed by atoms with Crippen LogP contribution in [0.4, 0.5) is 11.4 Å². The summed E-state index contributed by atoms with van der Waals surface area (Å²) in [6, 6.07) is 18.8. The first kappa shape index (κ1) is 22.4. The molecular weight excluding hydrogens is 461 g/mol. The molecule has 3 heterocycles. The van der Waals surface area contributed by atoms with E-state index >= 15 is 0 Å². The Balaban J connectivity index is 1.57. The summed E-state index contributed by atoms with van der Waals surface area (Å²) in [5, 5.41) is 3.41. The quantitative estimate of drug-likeness (QED) is 0.381. The minimum Gasteiger partial charge on any atom is -0.322 e. The number of hydrogen-bond acceptors (Lipinski definition) is 5. The van der Waals surface area contributed by atoms with Gasteiger partial charge in [-0.15, -0.1) is 0 Å². The van der Waals surface area contributed by atoms with Crippen LogP contribution in [-0.4, -0.2) is 26.8 Å². The number of aromatic nitrogens is 3. The minimum atomic E-state index is -0.319. The van der Waals surface area contributed by atoms with Crippen molar-refractivity contribution in [3.05, 3.63) is 112 Å². The van der Waals surface area contributed by atoms with Crippen LogP contribution in [-0.2, 0) is 6.54 Å². The Hall–Kier alpha value is -3.81. The van der Waals surface area contributed by atoms with Crippen molar-refractivity contribution < 1.29 is 9.59 Å². The van der Waals surface area contributed by atoms with Crippen molar-refractivity contribution in [3.63, 3.8) is 0 Å². The first-order valence-electron chi connectivity index (χ1n) is 9.86. The molecule has 0 saturated carbocycles. The monoisotopic (exact) mass is 477 g/mol. The minimum absolute atomic E-state index is 0.254. The fraction of sp³-hybridized carbons (Fsp3) is 0.0417. The van der Waals surface area contributed by atoms with Crippen molar-refractivity contribution in [3.8, 4) is 0 Å². The zero-order valence-corrected chi connectivity index (χ0v) is 18.7. The van der Waals surface area contributed by atoms with E-state index in [4.69, 9.17) is 23.2 Å². The predicted molar refractivity (Wildman–Crippen MR) is 128 cm³/mol. The molecule has 33 heavy (non-hydrogen) atoms. The maximum atomic E-state index is 13.3. The largest absolute Gasteiger partial charge is 0.322 e. The molecule has 9 heteroatoms. The molecule has 0 fully saturated rings. The van der Waals surface area contributed by atoms with Gasteiger partial charge in [0.2, 0.25) is 0 Å². The van der Waals surface area contributed by atoms with E-state index in [9.17, 15) is 9.59 Å². The van der Waals surface area contributed by atoms with Crippen molar-refractivity contribution in [2.75, 3.05) is 10.2 Å². The van der Waals surface area contributed by atoms with Gasteiger partial charge in [-0.2, -0.15) is 0 Å². The molecule has 0 unspecified atom stereocenters. The van der Waals surface area contributed by atoms with Crippen LogP contribution in [0.5, 0.6) is 0 Å². The lowest BCUT2D eigenvalue weighted by Gasteiger charge is -2.23. The van der Waals surface area contributed by atoms with Crippen molar-refractivity contribution in [1.82, 2.24) is 15.0 Å². The zero-order chi connectivity index (χ0) is 23.2. The second-order valence-electron chi connectivity index (χ2n) is 6.95. The number of benzene rings is 1. The van der Waals surface area contributed by atoms with Gasteiger partial charge in [-0.25, -0.2) is 9.97 Å². The van der Waals surface area contributed by atoms with Crippen molar-refractivity contribution >= 4 is 46.4 Å². The van der Waals surface area contributed by atoms with Gasteiger partial charge in [0.05, 0.1) is 23.4 Å². The van der Waals surface area contributed by atoms with Crippen LogP contribution in [0.2, 0.25) is 10.3 Å². The molecule has 0 aliphatic rings. The third-order valence-corrected chi connectivity index (χ3v) is 5.14. The summed E-state index contributed by atoms with van der Waals surface area (Å²) >= 11 is 11.6. The number of halogens is 2. The average molecular weight is 478 g/mol. The fourth-order valence-corrected chi connectivity index (χ4v) is 3.25. The second-order valence-corrected chi connectivity index (χ2v) is 7.73. The SMILES string of the molecule is O=C(Nc1ccc(N(Cc2ccccn2)C(=O)c2ccc(Cl)nc2)cc1)c1ccc(Cl)nc1. The first-order chi connectivity index (χ1) is 16.0. The van der Waals surface area contributed by atoms with E-state index in [1.807, 2.05) is 18.2 Å². The Labute approximate surface area is 200 Å². The van der Waals surface area contributed by atoms with E-state index in [0.29, 0.717) is 32.8 Å². The average Bonchev–Trinajstić information content (AvgIpc) is 2.84. The van der Waals surface area contributed by atoms with Crippen LogP contribution in [0, 0.1) is 0 Å². The van der Waals surface area contributed by atoms with Crippen molar-refractivity contribution in [2.45, 2.75) is 6.54 Å². The van der Waals surface area contributed by atoms with E-state index in [-0.39, 0.29) is 18.4 Å². The van der Waals surface area contributed by atoms with E-state index < -0.39 is 0 Å². The number of carbonyl (C=O) groups is 2. The van der Waals surface area contributed by atoms with Crippen molar-refractivity contribution in [2.24, 2.45) is 0 Å². The van der Waals surface area contributed by atoms with Gasteiger partial charge in [0.15, 0.2) is 0 Å². The molecule has 0 aliphatic carbocycles. The molecule has 0 saturated heterocycles. The van der Waals surface area contributed by atoms with Crippen LogP contribution in [0.15, 0.2) is 85.3 Å². The standard InChI is InChI=1S/C24H17Cl2N5O2/c25-21-10-4-16(13-28-21)23(32)30-18-6-8-20(9-7-18)31(15-19-3-1-2-12-27-19)24(33)17-5-11-22(26)29-14-17/h1-14H,15H2,(H,30,32). The van der Waals surface area contributed by atoms with Crippen molar-refractivity contribution in [1.29, 1.82) is 0 Å². The molecule has 0 spiro atoms. The summed E-state index contributed by atoms with van der Waals surface area (Å²) in [4.78, 5) is 39.5. The summed E-state index contributed by atoms with van der Waals surface area (Å²) in [6.45, 7) is 0.254. The smallest absolute Gasteiger partial charge is 0.260 e. The van der Waals surface area contributed by atoms with Crippen LogP contribution in [0.25, 0.3) is 0 Å². The molecule has 1 N–H and O–H groups in total. The topological polar surface area (TPSA) is 88.1 Å². The van der Waals surface area contributed by atoms with E-state index in [2.05, 4.69) is 20.3 Å². The van der Waals surface area contributed by atoms with Gasteiger partial charge in [0.1, 0.15) is 10.3 Å². The number of hydrogen-bond donors (Lipinski definition) is 1. The van der Waals surface area contributed by atoms with Gasteiger partial charge in [0.25, 0.3) is 11.8 Å². The second kappa shape index (κ2) is 10.2. The summed E-state index contributed by atoms with van der Waals surface area (Å²) in [6.07, 6.45) is 4.51. The van der Waals surface area contributed by atoms with Gasteiger partial charge in [-0.05, 0) is 60.7 Å². The highest BCUT2D eigenvalue weighted by Gasteiger charge is 2.19. The number of pyridine rings is 3. The number of rotatable bonds is 6. The first-order valence-corrected chi connectivity index (χ1v) is 10.6. The molecule has 0 bridgehead atoms. The maximum Gasteiger partial charge on any atom is 0.260 e. The van der Waals surface area contributed by atoms with Crippen LogP contribution in [0.1, 0.15) is 26.4 Å². The molecule has 1 aromatic carbocycles. The number of carbonyl (C=O) groups excluding carboxylic acids is 2. The number of nitrogens with one attached hydrogen (secondary N) is 1. The summed E-state index contributed by atoms with van der Waals surface area (Å²) in [5.74, 6) is -0.575. The van der Waals surface area contributed by atoms with Gasteiger partial charge >= 0.3 is 0 Å². The van der Waals surface area contributed by atoms with Gasteiger partial charge in [0, 0.05) is 30.0 Å². The molecule has 164 valence electrons. The Kier molecular flexibility index (Phi) is 6.92. The van der Waals surface area contributed by atoms with Gasteiger partial charge < -0.3 is 10.2 Å². The summed E-state index contributed by atoms with van der Waals surface area (Å²) in [7, 11) is 0. The molecule has 7 nitrogen and oxygen atoms in total. The number of anilines is 2. The zero-order valence-electron chi connectivity index (χ0n) is 17.2. The third-order valence-electron chi connectivity index (χ3n) is 4.69. The molecule has 4 rings (SSSR count). The summed E-state index contributed by atoms with van der Waals surface area (Å²) in [5.41, 5.74) is 2.69. The lowest BCUT2D eigenvalue weighted by molar-refractivity contribution is 0.0982. The number of nitrogens with zero attached hydrogens (tertiary/aromatic N) is 4. The fourth-order valence-electron chi connectivity index (χ4n) is 3.03. The lowest BCUT2D eigenvalue weighted by atomic mass is 10.2. The molecule has 0 aliphatic heterocycles. The summed E-state index contributed by atoms with van der Waals surface area (Å²) < 4.78 is 0. The molecule has 0 radical (unpaired) electrons. The van der Waals surface area contributed by atoms with E-state index in [1.54, 1.807) is 59.6 Å². The molecule has 2 amide bonds. The highest BCUT2D eigenvalue weighted by atomic mass is 35.5. The number of amides is 2. The van der Waals surface area contributed by atoms with Crippen LogP contribution < -0.4 is 10.2 Å². The van der Waals surface area contributed by atoms with Gasteiger partial charge in [-0.1, -0.05) is 29.3 Å².